The minimum Gasteiger partial charge on any atom is -0.353 e. The Labute approximate surface area is 151 Å². The van der Waals surface area contributed by atoms with E-state index in [2.05, 4.69) is 31.7 Å². The lowest BCUT2D eigenvalue weighted by atomic mass is 10.2. The predicted molar refractivity (Wildman–Crippen MR) is 103 cm³/mol. The van der Waals surface area contributed by atoms with E-state index >= 15 is 0 Å². The number of fused-ring (bicyclic) bond motifs is 1. The van der Waals surface area contributed by atoms with Gasteiger partial charge in [-0.15, -0.1) is 0 Å². The maximum Gasteiger partial charge on any atom is 0.189 e. The van der Waals surface area contributed by atoms with Gasteiger partial charge in [-0.1, -0.05) is 23.9 Å². The summed E-state index contributed by atoms with van der Waals surface area (Å²) in [5.41, 5.74) is 3.00. The fourth-order valence-corrected chi connectivity index (χ4v) is 3.42. The molecule has 3 heterocycles. The number of piperazine rings is 1. The normalized spacial score (nSPS) is 15.0. The Morgan fingerprint density at radius 2 is 1.60 bits per heavy atom. The summed E-state index contributed by atoms with van der Waals surface area (Å²) in [5, 5.41) is 0.823. The van der Waals surface area contributed by atoms with Crippen LogP contribution in [0, 0.1) is 6.92 Å². The largest absolute Gasteiger partial charge is 0.353 e. The van der Waals surface area contributed by atoms with Crippen molar-refractivity contribution in [2.24, 2.45) is 0 Å². The second-order valence-electron chi connectivity index (χ2n) is 6.05. The van der Waals surface area contributed by atoms with E-state index in [1.807, 2.05) is 42.9 Å². The molecule has 0 unspecified atom stereocenters. The number of rotatable bonds is 3. The van der Waals surface area contributed by atoms with Crippen LogP contribution in [-0.2, 0) is 0 Å². The molecule has 1 saturated heterocycles. The zero-order chi connectivity index (χ0) is 17.2. The Hall–Kier alpha value is -2.41. The van der Waals surface area contributed by atoms with Crippen molar-refractivity contribution in [2.75, 3.05) is 42.2 Å². The fourth-order valence-electron chi connectivity index (χ4n) is 3.08. The van der Waals surface area contributed by atoms with Crippen LogP contribution < -0.4 is 9.80 Å². The Morgan fingerprint density at radius 1 is 0.880 bits per heavy atom. The number of hydrogen-bond acceptors (Lipinski definition) is 7. The van der Waals surface area contributed by atoms with Crippen molar-refractivity contribution in [1.82, 2.24) is 19.9 Å². The molecule has 1 aliphatic heterocycles. The molecular formula is C18H20N6S. The number of benzene rings is 1. The molecule has 0 saturated carbocycles. The zero-order valence-electron chi connectivity index (χ0n) is 14.4. The van der Waals surface area contributed by atoms with E-state index < -0.39 is 0 Å². The monoisotopic (exact) mass is 352 g/mol. The van der Waals surface area contributed by atoms with E-state index in [0.29, 0.717) is 0 Å². The van der Waals surface area contributed by atoms with Crippen molar-refractivity contribution in [1.29, 1.82) is 0 Å². The van der Waals surface area contributed by atoms with Gasteiger partial charge in [0.1, 0.15) is 11.6 Å². The second-order valence-corrected chi connectivity index (χ2v) is 6.83. The van der Waals surface area contributed by atoms with Crippen LogP contribution in [0.2, 0.25) is 0 Å². The van der Waals surface area contributed by atoms with Gasteiger partial charge in [0.05, 0.1) is 17.2 Å². The van der Waals surface area contributed by atoms with Crippen LogP contribution in [0.25, 0.3) is 11.0 Å². The minimum absolute atomic E-state index is 0.823. The van der Waals surface area contributed by atoms with E-state index in [9.17, 15) is 0 Å². The number of nitrogens with zero attached hydrogens (tertiary/aromatic N) is 6. The van der Waals surface area contributed by atoms with Crippen LogP contribution in [-0.4, -0.2) is 52.4 Å². The molecule has 0 N–H and O–H groups in total. The van der Waals surface area contributed by atoms with Gasteiger partial charge in [0, 0.05) is 37.9 Å². The quantitative estimate of drug-likeness (QED) is 0.530. The third kappa shape index (κ3) is 3.24. The predicted octanol–water partition coefficient (Wildman–Crippen LogP) is 2.78. The molecule has 1 aliphatic rings. The molecule has 7 heteroatoms. The van der Waals surface area contributed by atoms with Crippen LogP contribution in [0.15, 0.2) is 41.8 Å². The lowest BCUT2D eigenvalue weighted by molar-refractivity contribution is 0.636. The summed E-state index contributed by atoms with van der Waals surface area (Å²) in [5.74, 6) is 1.99. The van der Waals surface area contributed by atoms with Crippen molar-refractivity contribution in [3.63, 3.8) is 0 Å². The van der Waals surface area contributed by atoms with E-state index in [4.69, 9.17) is 4.98 Å². The molecule has 0 atom stereocenters. The molecule has 6 nitrogen and oxygen atoms in total. The van der Waals surface area contributed by atoms with Crippen molar-refractivity contribution in [3.05, 3.63) is 42.2 Å². The summed E-state index contributed by atoms with van der Waals surface area (Å²) in [6.45, 7) is 5.72. The van der Waals surface area contributed by atoms with Crippen molar-refractivity contribution >= 4 is 34.4 Å². The van der Waals surface area contributed by atoms with Crippen molar-refractivity contribution < 1.29 is 0 Å². The van der Waals surface area contributed by atoms with Crippen LogP contribution in [0.1, 0.15) is 5.56 Å². The first kappa shape index (κ1) is 16.1. The average molecular weight is 352 g/mol. The summed E-state index contributed by atoms with van der Waals surface area (Å²) in [4.78, 5) is 22.9. The minimum atomic E-state index is 0.823. The highest BCUT2D eigenvalue weighted by molar-refractivity contribution is 7.98. The fraction of sp³-hybridized carbons (Fsp3) is 0.333. The van der Waals surface area contributed by atoms with Gasteiger partial charge in [-0.2, -0.15) is 0 Å². The molecule has 0 spiro atoms. The molecule has 0 bridgehead atoms. The third-order valence-corrected chi connectivity index (χ3v) is 5.01. The molecule has 1 fully saturated rings. The maximum atomic E-state index is 4.76. The van der Waals surface area contributed by atoms with Crippen molar-refractivity contribution in [2.45, 2.75) is 12.1 Å². The molecule has 0 aliphatic carbocycles. The first-order valence-electron chi connectivity index (χ1n) is 8.34. The van der Waals surface area contributed by atoms with Gasteiger partial charge in [-0.3, -0.25) is 4.98 Å². The lowest BCUT2D eigenvalue weighted by Gasteiger charge is -2.36. The molecule has 25 heavy (non-hydrogen) atoms. The molecule has 3 aromatic rings. The summed E-state index contributed by atoms with van der Waals surface area (Å²) >= 11 is 1.58. The Bertz CT molecular complexity index is 892. The first-order valence-corrected chi connectivity index (χ1v) is 9.56. The maximum absolute atomic E-state index is 4.76. The highest BCUT2D eigenvalue weighted by Gasteiger charge is 2.21. The Morgan fingerprint density at radius 3 is 2.36 bits per heavy atom. The number of hydrogen-bond donors (Lipinski definition) is 0. The van der Waals surface area contributed by atoms with E-state index in [-0.39, 0.29) is 0 Å². The summed E-state index contributed by atoms with van der Waals surface area (Å²) in [6.07, 6.45) is 5.79. The molecule has 1 aromatic carbocycles. The Balaban J connectivity index is 1.51. The average Bonchev–Trinajstić information content (AvgIpc) is 2.68. The molecule has 128 valence electrons. The number of anilines is 2. The standard InChI is InChI=1S/C18H20N6S/c1-13-11-20-18(25-2)22-17(13)24-9-7-23(8-10-24)16-12-19-14-5-3-4-6-15(14)21-16/h3-6,11-12H,7-10H2,1-2H3. The molecule has 0 amide bonds. The van der Waals surface area contributed by atoms with Gasteiger partial charge in [-0.05, 0) is 25.3 Å². The van der Waals surface area contributed by atoms with Crippen LogP contribution >= 0.6 is 11.8 Å². The smallest absolute Gasteiger partial charge is 0.189 e. The topological polar surface area (TPSA) is 58.0 Å². The number of para-hydroxylation sites is 2. The summed E-state index contributed by atoms with van der Waals surface area (Å²) < 4.78 is 0. The third-order valence-electron chi connectivity index (χ3n) is 4.44. The van der Waals surface area contributed by atoms with Crippen LogP contribution in [0.5, 0.6) is 0 Å². The van der Waals surface area contributed by atoms with Gasteiger partial charge in [0.15, 0.2) is 5.16 Å². The first-order chi connectivity index (χ1) is 12.2. The van der Waals surface area contributed by atoms with E-state index in [0.717, 1.165) is 59.6 Å². The SMILES string of the molecule is CSc1ncc(C)c(N2CCN(c3cnc4ccccc4n3)CC2)n1. The molecule has 0 radical (unpaired) electrons. The highest BCUT2D eigenvalue weighted by atomic mass is 32.2. The number of aromatic nitrogens is 4. The lowest BCUT2D eigenvalue weighted by Crippen LogP contribution is -2.47. The van der Waals surface area contributed by atoms with Gasteiger partial charge in [-0.25, -0.2) is 15.0 Å². The van der Waals surface area contributed by atoms with E-state index in [1.54, 1.807) is 11.8 Å². The second kappa shape index (κ2) is 6.84. The summed E-state index contributed by atoms with van der Waals surface area (Å²) in [7, 11) is 0. The number of thioether (sulfide) groups is 1. The van der Waals surface area contributed by atoms with Gasteiger partial charge in [0.2, 0.25) is 0 Å². The van der Waals surface area contributed by atoms with Gasteiger partial charge in [0.25, 0.3) is 0 Å². The molecule has 4 rings (SSSR count). The number of aryl methyl sites for hydroxylation is 1. The highest BCUT2D eigenvalue weighted by Crippen LogP contribution is 2.23. The van der Waals surface area contributed by atoms with Gasteiger partial charge < -0.3 is 9.80 Å². The van der Waals surface area contributed by atoms with Crippen molar-refractivity contribution in [3.8, 4) is 0 Å². The zero-order valence-corrected chi connectivity index (χ0v) is 15.2. The van der Waals surface area contributed by atoms with Crippen LogP contribution in [0.3, 0.4) is 0 Å². The summed E-state index contributed by atoms with van der Waals surface area (Å²) in [6, 6.07) is 7.99. The van der Waals surface area contributed by atoms with E-state index in [1.165, 1.54) is 0 Å². The molecular weight excluding hydrogens is 332 g/mol. The van der Waals surface area contributed by atoms with Crippen LogP contribution in [0.4, 0.5) is 11.6 Å². The Kier molecular flexibility index (Phi) is 4.40. The molecule has 2 aromatic heterocycles. The van der Waals surface area contributed by atoms with Gasteiger partial charge >= 0.3 is 0 Å².